The molecule has 2 aromatic rings. The molecule has 0 aliphatic carbocycles. The molecule has 1 heterocycles. The number of carbonyl (C=O) groups excluding carboxylic acids is 1. The maximum atomic E-state index is 13.6. The summed E-state index contributed by atoms with van der Waals surface area (Å²) in [5, 5.41) is 11.5. The number of carbonyl (C=O) groups is 1. The summed E-state index contributed by atoms with van der Waals surface area (Å²) in [6.07, 6.45) is 0. The number of nitrogens with one attached hydrogen (secondary N) is 1. The highest BCUT2D eigenvalue weighted by Gasteiger charge is 2.14. The third-order valence-corrected chi connectivity index (χ3v) is 4.94. The molecular formula is C14H10BrFN2OS. The second-order valence-corrected chi connectivity index (χ2v) is 6.63. The van der Waals surface area contributed by atoms with Crippen molar-refractivity contribution in [3.05, 3.63) is 49.4 Å². The number of nitriles is 1. The maximum Gasteiger partial charge on any atom is 0.265 e. The van der Waals surface area contributed by atoms with E-state index in [0.717, 1.165) is 15.4 Å². The van der Waals surface area contributed by atoms with Crippen LogP contribution >= 0.6 is 27.3 Å². The van der Waals surface area contributed by atoms with E-state index in [4.69, 9.17) is 5.26 Å². The first-order valence-corrected chi connectivity index (χ1v) is 7.31. The normalized spacial score (nSPS) is 10.2. The van der Waals surface area contributed by atoms with Crippen LogP contribution in [0.3, 0.4) is 0 Å². The molecule has 3 nitrogen and oxygen atoms in total. The van der Waals surface area contributed by atoms with Crippen molar-refractivity contribution in [1.82, 2.24) is 0 Å². The fourth-order valence-electron chi connectivity index (χ4n) is 1.63. The molecule has 20 heavy (non-hydrogen) atoms. The lowest BCUT2D eigenvalue weighted by molar-refractivity contribution is 0.103. The number of hydrogen-bond donors (Lipinski definition) is 1. The van der Waals surface area contributed by atoms with Crippen molar-refractivity contribution >= 4 is 38.9 Å². The van der Waals surface area contributed by atoms with Gasteiger partial charge in [-0.3, -0.25) is 4.79 Å². The summed E-state index contributed by atoms with van der Waals surface area (Å²) >= 11 is 4.66. The van der Waals surface area contributed by atoms with Crippen molar-refractivity contribution in [2.45, 2.75) is 13.8 Å². The molecule has 1 aromatic heterocycles. The van der Waals surface area contributed by atoms with Gasteiger partial charge in [0.25, 0.3) is 5.91 Å². The predicted molar refractivity (Wildman–Crippen MR) is 80.6 cm³/mol. The Labute approximate surface area is 128 Å². The van der Waals surface area contributed by atoms with Gasteiger partial charge in [-0.25, -0.2) is 4.39 Å². The summed E-state index contributed by atoms with van der Waals surface area (Å²) in [6.45, 7) is 3.44. The van der Waals surface area contributed by atoms with E-state index in [0.29, 0.717) is 16.1 Å². The first-order valence-electron chi connectivity index (χ1n) is 5.70. The van der Waals surface area contributed by atoms with Gasteiger partial charge >= 0.3 is 0 Å². The minimum Gasteiger partial charge on any atom is -0.321 e. The number of amides is 1. The molecule has 0 saturated carbocycles. The minimum absolute atomic E-state index is 0.173. The molecule has 2 rings (SSSR count). The number of benzene rings is 1. The summed E-state index contributed by atoms with van der Waals surface area (Å²) in [6, 6.07) is 6.23. The molecular weight excluding hydrogens is 343 g/mol. The first kappa shape index (κ1) is 14.7. The Morgan fingerprint density at radius 1 is 1.40 bits per heavy atom. The largest absolute Gasteiger partial charge is 0.321 e. The van der Waals surface area contributed by atoms with Gasteiger partial charge < -0.3 is 5.32 Å². The van der Waals surface area contributed by atoms with Crippen LogP contribution in [0.1, 0.15) is 26.4 Å². The molecule has 1 amide bonds. The van der Waals surface area contributed by atoms with E-state index >= 15 is 0 Å². The van der Waals surface area contributed by atoms with E-state index in [1.165, 1.54) is 17.4 Å². The average Bonchev–Trinajstić information content (AvgIpc) is 2.75. The number of nitrogens with zero attached hydrogens (tertiary/aromatic N) is 1. The molecule has 1 N–H and O–H groups in total. The predicted octanol–water partition coefficient (Wildman–Crippen LogP) is 4.39. The summed E-state index contributed by atoms with van der Waals surface area (Å²) in [5.41, 5.74) is 1.76. The van der Waals surface area contributed by atoms with Gasteiger partial charge in [-0.15, -0.1) is 11.3 Å². The van der Waals surface area contributed by atoms with E-state index in [2.05, 4.69) is 21.2 Å². The van der Waals surface area contributed by atoms with Crippen LogP contribution in [0.25, 0.3) is 0 Å². The van der Waals surface area contributed by atoms with Crippen molar-refractivity contribution in [3.63, 3.8) is 0 Å². The number of rotatable bonds is 2. The standard InChI is InChI=1S/C14H10BrFN2OS/c1-7-3-12(20-13(7)15)14(19)18-11-5-9(6-17)4-10(16)8(11)2/h3-5H,1-2H3,(H,18,19). The maximum absolute atomic E-state index is 13.6. The van der Waals surface area contributed by atoms with Gasteiger partial charge in [-0.2, -0.15) is 5.26 Å². The zero-order chi connectivity index (χ0) is 14.9. The molecule has 0 bridgehead atoms. The van der Waals surface area contributed by atoms with Gasteiger partial charge in [-0.05, 0) is 53.5 Å². The van der Waals surface area contributed by atoms with Gasteiger partial charge in [0.1, 0.15) is 5.82 Å². The lowest BCUT2D eigenvalue weighted by Gasteiger charge is -2.08. The van der Waals surface area contributed by atoms with E-state index in [-0.39, 0.29) is 11.5 Å². The highest BCUT2D eigenvalue weighted by atomic mass is 79.9. The van der Waals surface area contributed by atoms with Crippen LogP contribution in [-0.2, 0) is 0 Å². The number of anilines is 1. The van der Waals surface area contributed by atoms with Crippen LogP contribution in [-0.4, -0.2) is 5.91 Å². The monoisotopic (exact) mass is 352 g/mol. The van der Waals surface area contributed by atoms with Crippen molar-refractivity contribution in [2.75, 3.05) is 5.32 Å². The van der Waals surface area contributed by atoms with Crippen LogP contribution in [0.4, 0.5) is 10.1 Å². The van der Waals surface area contributed by atoms with Crippen LogP contribution in [0, 0.1) is 31.0 Å². The molecule has 0 unspecified atom stereocenters. The summed E-state index contributed by atoms with van der Waals surface area (Å²) < 4.78 is 14.5. The van der Waals surface area contributed by atoms with Gasteiger partial charge in [0.15, 0.2) is 0 Å². The molecule has 102 valence electrons. The topological polar surface area (TPSA) is 52.9 Å². The first-order chi connectivity index (χ1) is 9.42. The zero-order valence-corrected chi connectivity index (χ0v) is 13.2. The molecule has 0 spiro atoms. The lowest BCUT2D eigenvalue weighted by Crippen LogP contribution is -2.12. The van der Waals surface area contributed by atoms with E-state index in [9.17, 15) is 9.18 Å². The quantitative estimate of drug-likeness (QED) is 0.871. The van der Waals surface area contributed by atoms with E-state index in [1.807, 2.05) is 13.0 Å². The van der Waals surface area contributed by atoms with Gasteiger partial charge in [-0.1, -0.05) is 0 Å². The number of halogens is 2. The number of thiophene rings is 1. The van der Waals surface area contributed by atoms with Crippen LogP contribution < -0.4 is 5.32 Å². The van der Waals surface area contributed by atoms with Crippen molar-refractivity contribution in [2.24, 2.45) is 0 Å². The number of aryl methyl sites for hydroxylation is 1. The van der Waals surface area contributed by atoms with Crippen molar-refractivity contribution in [3.8, 4) is 6.07 Å². The SMILES string of the molecule is Cc1cc(C(=O)Nc2cc(C#N)cc(F)c2C)sc1Br. The molecule has 0 fully saturated rings. The van der Waals surface area contributed by atoms with Crippen molar-refractivity contribution < 1.29 is 9.18 Å². The zero-order valence-electron chi connectivity index (χ0n) is 10.8. The highest BCUT2D eigenvalue weighted by Crippen LogP contribution is 2.28. The Balaban J connectivity index is 2.32. The molecule has 6 heteroatoms. The Morgan fingerprint density at radius 3 is 2.65 bits per heavy atom. The average molecular weight is 353 g/mol. The molecule has 0 atom stereocenters. The van der Waals surface area contributed by atoms with Gasteiger partial charge in [0.2, 0.25) is 0 Å². The Bertz CT molecular complexity index is 714. The molecule has 0 aliphatic rings. The highest BCUT2D eigenvalue weighted by molar-refractivity contribution is 9.11. The Hall–Kier alpha value is -1.71. The van der Waals surface area contributed by atoms with Gasteiger partial charge in [0, 0.05) is 11.3 Å². The number of hydrogen-bond acceptors (Lipinski definition) is 3. The molecule has 0 radical (unpaired) electrons. The Morgan fingerprint density at radius 2 is 2.10 bits per heavy atom. The third kappa shape index (κ3) is 2.89. The lowest BCUT2D eigenvalue weighted by atomic mass is 10.1. The second-order valence-electron chi connectivity index (χ2n) is 4.26. The summed E-state index contributed by atoms with van der Waals surface area (Å²) in [4.78, 5) is 12.6. The fourth-order valence-corrected chi connectivity index (χ4v) is 3.06. The van der Waals surface area contributed by atoms with Crippen LogP contribution in [0.5, 0.6) is 0 Å². The summed E-state index contributed by atoms with van der Waals surface area (Å²) in [5.74, 6) is -0.829. The van der Waals surface area contributed by atoms with Crippen LogP contribution in [0.2, 0.25) is 0 Å². The molecule has 0 aliphatic heterocycles. The fraction of sp³-hybridized carbons (Fsp3) is 0.143. The summed E-state index contributed by atoms with van der Waals surface area (Å²) in [7, 11) is 0. The second kappa shape index (κ2) is 5.73. The third-order valence-electron chi connectivity index (χ3n) is 2.80. The Kier molecular flexibility index (Phi) is 4.21. The van der Waals surface area contributed by atoms with E-state index in [1.54, 1.807) is 13.0 Å². The molecule has 0 saturated heterocycles. The smallest absolute Gasteiger partial charge is 0.265 e. The van der Waals surface area contributed by atoms with Crippen molar-refractivity contribution in [1.29, 1.82) is 5.26 Å². The minimum atomic E-state index is -0.511. The molecule has 1 aromatic carbocycles. The van der Waals surface area contributed by atoms with Gasteiger partial charge in [0.05, 0.1) is 20.3 Å². The van der Waals surface area contributed by atoms with Crippen LogP contribution in [0.15, 0.2) is 22.0 Å². The van der Waals surface area contributed by atoms with E-state index < -0.39 is 5.82 Å².